The summed E-state index contributed by atoms with van der Waals surface area (Å²) in [5, 5.41) is 22.1. The molecule has 0 unspecified atom stereocenters. The topological polar surface area (TPSA) is 94.3 Å². The summed E-state index contributed by atoms with van der Waals surface area (Å²) in [5.41, 5.74) is 0.734. The molecule has 5 rings (SSSR count). The Labute approximate surface area is 215 Å². The highest BCUT2D eigenvalue weighted by molar-refractivity contribution is 6.31. The van der Waals surface area contributed by atoms with E-state index in [4.69, 9.17) is 21.6 Å². The Hall–Kier alpha value is -3.15. The molecule has 0 atom stereocenters. The summed E-state index contributed by atoms with van der Waals surface area (Å²) < 4.78 is 19.0. The predicted octanol–water partition coefficient (Wildman–Crippen LogP) is 6.43. The molecule has 1 aromatic heterocycles. The first kappa shape index (κ1) is 25.9. The second-order valence-corrected chi connectivity index (χ2v) is 9.63. The standard InChI is InChI=1S/C15H11ClFN3O2.C12H20N2/c1-22-13-6-11-8(5-12(13)21)15(19-7-18-11)20-10-4-2-3-9(16)14(10)17;13-10-11-6-8-14(9-7-11)12-4-2-1-3-5-12/h2-7,21H,1H3,(H,18,19,20);11-12H,1-9H2. The highest BCUT2D eigenvalue weighted by atomic mass is 35.5. The summed E-state index contributed by atoms with van der Waals surface area (Å²) in [6.07, 6.45) is 10.6. The molecule has 0 bridgehead atoms. The van der Waals surface area contributed by atoms with Crippen LogP contribution in [0.2, 0.25) is 5.02 Å². The van der Waals surface area contributed by atoms with Gasteiger partial charge in [0.25, 0.3) is 0 Å². The quantitative estimate of drug-likeness (QED) is 0.416. The molecule has 1 saturated carbocycles. The predicted molar refractivity (Wildman–Crippen MR) is 139 cm³/mol. The van der Waals surface area contributed by atoms with E-state index in [-0.39, 0.29) is 16.5 Å². The molecule has 0 radical (unpaired) electrons. The molecule has 2 N–H and O–H groups in total. The number of fused-ring (bicyclic) bond motifs is 1. The number of piperidine rings is 1. The van der Waals surface area contributed by atoms with E-state index in [1.807, 2.05) is 0 Å². The van der Waals surface area contributed by atoms with Gasteiger partial charge in [0.15, 0.2) is 17.3 Å². The molecule has 7 nitrogen and oxygen atoms in total. The number of nitrogens with one attached hydrogen (secondary N) is 1. The van der Waals surface area contributed by atoms with E-state index in [0.29, 0.717) is 28.4 Å². The van der Waals surface area contributed by atoms with Gasteiger partial charge in [0, 0.05) is 23.4 Å². The van der Waals surface area contributed by atoms with Crippen molar-refractivity contribution >= 4 is 34.0 Å². The van der Waals surface area contributed by atoms with Crippen LogP contribution in [-0.4, -0.2) is 46.2 Å². The fourth-order valence-electron chi connectivity index (χ4n) is 4.90. The minimum atomic E-state index is -0.575. The SMILES string of the molecule is COc1cc2ncnc(Nc3cccc(Cl)c3F)c2cc1O.N#CC1CCN(C2CCCCC2)CC1. The van der Waals surface area contributed by atoms with E-state index in [0.717, 1.165) is 18.9 Å². The van der Waals surface area contributed by atoms with Gasteiger partial charge in [-0.2, -0.15) is 5.26 Å². The molecule has 1 aliphatic carbocycles. The van der Waals surface area contributed by atoms with Crippen molar-refractivity contribution < 1.29 is 14.2 Å². The van der Waals surface area contributed by atoms with Crippen LogP contribution in [-0.2, 0) is 0 Å². The lowest BCUT2D eigenvalue weighted by Crippen LogP contribution is -2.42. The average molecular weight is 512 g/mol. The van der Waals surface area contributed by atoms with Crippen LogP contribution < -0.4 is 10.1 Å². The zero-order chi connectivity index (χ0) is 25.5. The van der Waals surface area contributed by atoms with Crippen molar-refractivity contribution in [2.24, 2.45) is 5.92 Å². The Bertz CT molecular complexity index is 1220. The van der Waals surface area contributed by atoms with Crippen LogP contribution in [0.15, 0.2) is 36.7 Å². The van der Waals surface area contributed by atoms with Gasteiger partial charge in [-0.25, -0.2) is 14.4 Å². The molecule has 3 aromatic rings. The Morgan fingerprint density at radius 3 is 2.58 bits per heavy atom. The van der Waals surface area contributed by atoms with Gasteiger partial charge >= 0.3 is 0 Å². The number of likely N-dealkylation sites (tertiary alicyclic amines) is 1. The zero-order valence-corrected chi connectivity index (χ0v) is 21.1. The molecule has 2 aromatic carbocycles. The molecule has 36 heavy (non-hydrogen) atoms. The number of phenolic OH excluding ortho intramolecular Hbond substituents is 1. The van der Waals surface area contributed by atoms with E-state index < -0.39 is 5.82 Å². The molecular formula is C27H31ClFN5O2. The summed E-state index contributed by atoms with van der Waals surface area (Å²) >= 11 is 5.76. The zero-order valence-electron chi connectivity index (χ0n) is 20.4. The number of nitrogens with zero attached hydrogens (tertiary/aromatic N) is 4. The first-order valence-corrected chi connectivity index (χ1v) is 12.7. The monoisotopic (exact) mass is 511 g/mol. The maximum absolute atomic E-state index is 14.0. The van der Waals surface area contributed by atoms with Crippen molar-refractivity contribution in [2.75, 3.05) is 25.5 Å². The highest BCUT2D eigenvalue weighted by Gasteiger charge is 2.25. The van der Waals surface area contributed by atoms with Gasteiger partial charge in [0.2, 0.25) is 0 Å². The highest BCUT2D eigenvalue weighted by Crippen LogP contribution is 2.34. The Morgan fingerprint density at radius 2 is 1.89 bits per heavy atom. The number of rotatable bonds is 4. The second-order valence-electron chi connectivity index (χ2n) is 9.22. The first-order chi connectivity index (χ1) is 17.5. The Kier molecular flexibility index (Phi) is 8.79. The normalized spacial score (nSPS) is 17.2. The summed E-state index contributed by atoms with van der Waals surface area (Å²) in [7, 11) is 1.45. The van der Waals surface area contributed by atoms with Crippen molar-refractivity contribution in [3.05, 3.63) is 47.5 Å². The third-order valence-corrected chi connectivity index (χ3v) is 7.24. The number of halogens is 2. The van der Waals surface area contributed by atoms with Crippen LogP contribution in [0, 0.1) is 23.1 Å². The molecule has 2 fully saturated rings. The number of ether oxygens (including phenoxy) is 1. The Morgan fingerprint density at radius 1 is 1.14 bits per heavy atom. The minimum absolute atomic E-state index is 0.00729. The fraction of sp³-hybridized carbons (Fsp3) is 0.444. The van der Waals surface area contributed by atoms with Gasteiger partial charge in [-0.1, -0.05) is 36.9 Å². The lowest BCUT2D eigenvalue weighted by molar-refractivity contribution is 0.118. The molecular weight excluding hydrogens is 481 g/mol. The van der Waals surface area contributed by atoms with Gasteiger partial charge in [-0.05, 0) is 57.0 Å². The number of nitriles is 1. The van der Waals surface area contributed by atoms with Crippen LogP contribution >= 0.6 is 11.6 Å². The van der Waals surface area contributed by atoms with E-state index in [1.54, 1.807) is 18.2 Å². The van der Waals surface area contributed by atoms with Crippen LogP contribution in [0.4, 0.5) is 15.9 Å². The lowest BCUT2D eigenvalue weighted by atomic mass is 9.91. The number of phenols is 1. The van der Waals surface area contributed by atoms with Crippen LogP contribution in [0.1, 0.15) is 44.9 Å². The van der Waals surface area contributed by atoms with Crippen molar-refractivity contribution in [3.8, 4) is 17.6 Å². The molecule has 1 aliphatic heterocycles. The van der Waals surface area contributed by atoms with E-state index >= 15 is 0 Å². The largest absolute Gasteiger partial charge is 0.504 e. The minimum Gasteiger partial charge on any atom is -0.504 e. The van der Waals surface area contributed by atoms with Gasteiger partial charge in [0.05, 0.1) is 29.4 Å². The van der Waals surface area contributed by atoms with Crippen molar-refractivity contribution in [1.82, 2.24) is 14.9 Å². The summed E-state index contributed by atoms with van der Waals surface area (Å²) in [4.78, 5) is 10.8. The number of aromatic nitrogens is 2. The molecule has 2 heterocycles. The Balaban J connectivity index is 0.000000187. The summed E-state index contributed by atoms with van der Waals surface area (Å²) in [6, 6.07) is 10.9. The van der Waals surface area contributed by atoms with Gasteiger partial charge in [-0.15, -0.1) is 0 Å². The van der Waals surface area contributed by atoms with Crippen LogP contribution in [0.5, 0.6) is 11.5 Å². The maximum Gasteiger partial charge on any atom is 0.165 e. The third-order valence-electron chi connectivity index (χ3n) is 6.94. The number of hydrogen-bond donors (Lipinski definition) is 2. The smallest absolute Gasteiger partial charge is 0.165 e. The van der Waals surface area contributed by atoms with Crippen molar-refractivity contribution in [2.45, 2.75) is 51.0 Å². The van der Waals surface area contributed by atoms with Crippen LogP contribution in [0.3, 0.4) is 0 Å². The molecule has 1 saturated heterocycles. The molecule has 0 spiro atoms. The summed E-state index contributed by atoms with van der Waals surface area (Å²) in [6.45, 7) is 2.34. The van der Waals surface area contributed by atoms with Gasteiger partial charge in [-0.3, -0.25) is 0 Å². The molecule has 190 valence electrons. The van der Waals surface area contributed by atoms with E-state index in [9.17, 15) is 9.50 Å². The van der Waals surface area contributed by atoms with Crippen molar-refractivity contribution in [3.63, 3.8) is 0 Å². The number of anilines is 2. The second kappa shape index (κ2) is 12.2. The van der Waals surface area contributed by atoms with E-state index in [2.05, 4.69) is 26.3 Å². The van der Waals surface area contributed by atoms with Crippen LogP contribution in [0.25, 0.3) is 10.9 Å². The number of methoxy groups -OCH3 is 1. The van der Waals surface area contributed by atoms with Crippen molar-refractivity contribution in [1.29, 1.82) is 5.26 Å². The molecule has 9 heteroatoms. The molecule has 2 aliphatic rings. The van der Waals surface area contributed by atoms with E-state index in [1.165, 1.54) is 70.8 Å². The summed E-state index contributed by atoms with van der Waals surface area (Å²) in [5.74, 6) is 0.359. The molecule has 0 amide bonds. The van der Waals surface area contributed by atoms with Gasteiger partial charge in [0.1, 0.15) is 12.1 Å². The number of aromatic hydroxyl groups is 1. The maximum atomic E-state index is 14.0. The number of hydrogen-bond acceptors (Lipinski definition) is 7. The fourth-order valence-corrected chi connectivity index (χ4v) is 5.08. The van der Waals surface area contributed by atoms with Gasteiger partial charge < -0.3 is 20.1 Å². The lowest BCUT2D eigenvalue weighted by Gasteiger charge is -2.37. The number of benzene rings is 2. The first-order valence-electron chi connectivity index (χ1n) is 12.4. The average Bonchev–Trinajstić information content (AvgIpc) is 2.92. The third kappa shape index (κ3) is 6.15.